The number of carbonyl (C=O) groups excluding carboxylic acids is 6. The van der Waals surface area contributed by atoms with Gasteiger partial charge in [-0.1, -0.05) is 60.7 Å². The third-order valence-electron chi connectivity index (χ3n) is 13.3. The number of aryl methyl sites for hydroxylation is 3. The highest BCUT2D eigenvalue weighted by atomic mass is 16.6. The van der Waals surface area contributed by atoms with E-state index < -0.39 is 41.2 Å². The molecular formula is C53H57N7O9. The minimum Gasteiger partial charge on any atom is -0.493 e. The molecule has 2 fully saturated rings. The van der Waals surface area contributed by atoms with Gasteiger partial charge in [-0.15, -0.1) is 0 Å². The van der Waals surface area contributed by atoms with Gasteiger partial charge in [-0.3, -0.25) is 43.8 Å². The highest BCUT2D eigenvalue weighted by Crippen LogP contribution is 2.39. The lowest BCUT2D eigenvalue weighted by Crippen LogP contribution is -2.54. The highest BCUT2D eigenvalue weighted by Gasteiger charge is 2.46. The number of nitrogens with zero attached hydrogens (tertiary/aromatic N) is 6. The van der Waals surface area contributed by atoms with Gasteiger partial charge in [-0.2, -0.15) is 5.10 Å². The first-order valence-corrected chi connectivity index (χ1v) is 23.6. The van der Waals surface area contributed by atoms with Gasteiger partial charge < -0.3 is 23.7 Å². The fraction of sp³-hybridized carbons (Fsp3) is 0.377. The molecule has 0 spiro atoms. The molecule has 0 radical (unpaired) electrons. The quantitative estimate of drug-likeness (QED) is 0.0727. The molecule has 16 nitrogen and oxygen atoms in total. The number of ether oxygens (including phenoxy) is 3. The summed E-state index contributed by atoms with van der Waals surface area (Å²) in [5.74, 6) is -2.32. The standard InChI is InChI=1S/C53H57N7O9/c1-32-45(33(2)56(6)55-32)38-17-10-16-36-37(19-12-30-67-41-20-9-14-34-13-7-8-15-35(34)41)48(52(66)69-53(3,4)5)59(47(36)38)29-26-57-24-27-58(28-25-57)44(62)31-68-42-21-11-18-39-46(42)51(65)60(50(39)64)40-22-23-43(61)54-49(40)63/h7-11,13-18,20-21,40H,12,19,22-31H2,1-6H3,(H,54,61,63). The Kier molecular flexibility index (Phi) is 12.9. The molecule has 0 saturated carbocycles. The van der Waals surface area contributed by atoms with E-state index >= 15 is 0 Å². The summed E-state index contributed by atoms with van der Waals surface area (Å²) >= 11 is 0. The molecule has 5 amide bonds. The van der Waals surface area contributed by atoms with Gasteiger partial charge in [0.15, 0.2) is 6.61 Å². The minimum absolute atomic E-state index is 0.00313. The summed E-state index contributed by atoms with van der Waals surface area (Å²) in [6.45, 7) is 12.8. The Morgan fingerprint density at radius 1 is 0.783 bits per heavy atom. The van der Waals surface area contributed by atoms with Crippen LogP contribution in [0.3, 0.4) is 0 Å². The second kappa shape index (κ2) is 19.0. The van der Waals surface area contributed by atoms with Crippen LogP contribution in [-0.2, 0) is 39.1 Å². The summed E-state index contributed by atoms with van der Waals surface area (Å²) in [4.78, 5) is 84.3. The minimum atomic E-state index is -1.12. The lowest BCUT2D eigenvalue weighted by Gasteiger charge is -2.35. The Morgan fingerprint density at radius 2 is 1.48 bits per heavy atom. The zero-order valence-corrected chi connectivity index (χ0v) is 39.9. The normalized spacial score (nSPS) is 16.6. The molecule has 2 aromatic heterocycles. The highest BCUT2D eigenvalue weighted by molar-refractivity contribution is 6.24. The van der Waals surface area contributed by atoms with E-state index in [-0.39, 0.29) is 42.2 Å². The third kappa shape index (κ3) is 9.20. The zero-order valence-electron chi connectivity index (χ0n) is 39.9. The van der Waals surface area contributed by atoms with E-state index in [0.717, 1.165) is 60.4 Å². The predicted octanol–water partition coefficient (Wildman–Crippen LogP) is 6.40. The summed E-state index contributed by atoms with van der Waals surface area (Å²) in [5.41, 5.74) is 5.54. The number of benzene rings is 4. The third-order valence-corrected chi connectivity index (χ3v) is 13.3. The number of rotatable bonds is 14. The number of carbonyl (C=O) groups is 6. The number of piperidine rings is 1. The van der Waals surface area contributed by atoms with Crippen LogP contribution in [0.4, 0.5) is 0 Å². The Labute approximate surface area is 400 Å². The number of hydrogen-bond acceptors (Lipinski definition) is 11. The Morgan fingerprint density at radius 3 is 2.22 bits per heavy atom. The molecule has 69 heavy (non-hydrogen) atoms. The summed E-state index contributed by atoms with van der Waals surface area (Å²) in [5, 5.41) is 10.1. The van der Waals surface area contributed by atoms with Gasteiger partial charge in [0.1, 0.15) is 28.8 Å². The molecule has 16 heteroatoms. The fourth-order valence-corrected chi connectivity index (χ4v) is 9.93. The number of hydrogen-bond donors (Lipinski definition) is 1. The van der Waals surface area contributed by atoms with E-state index in [2.05, 4.69) is 52.0 Å². The van der Waals surface area contributed by atoms with Gasteiger partial charge in [0.25, 0.3) is 17.7 Å². The maximum atomic E-state index is 14.6. The number of fused-ring (bicyclic) bond motifs is 3. The summed E-state index contributed by atoms with van der Waals surface area (Å²) < 4.78 is 22.5. The van der Waals surface area contributed by atoms with Crippen molar-refractivity contribution in [3.63, 3.8) is 0 Å². The number of imide groups is 2. The maximum absolute atomic E-state index is 14.6. The van der Waals surface area contributed by atoms with E-state index in [1.54, 1.807) is 11.0 Å². The van der Waals surface area contributed by atoms with E-state index in [1.807, 2.05) is 69.8 Å². The predicted molar refractivity (Wildman–Crippen MR) is 258 cm³/mol. The van der Waals surface area contributed by atoms with Crippen molar-refractivity contribution in [3.05, 3.63) is 113 Å². The van der Waals surface area contributed by atoms with Crippen molar-refractivity contribution in [1.29, 1.82) is 0 Å². The number of para-hydroxylation sites is 1. The number of nitrogens with one attached hydrogen (secondary N) is 1. The van der Waals surface area contributed by atoms with Gasteiger partial charge in [-0.25, -0.2) is 4.79 Å². The van der Waals surface area contributed by atoms with Gasteiger partial charge in [0.2, 0.25) is 11.8 Å². The molecule has 5 heterocycles. The molecule has 358 valence electrons. The van der Waals surface area contributed by atoms with Crippen molar-refractivity contribution in [1.82, 2.24) is 34.4 Å². The molecule has 6 aromatic rings. The topological polar surface area (TPSA) is 175 Å². The average Bonchev–Trinajstić information content (AvgIpc) is 3.88. The molecule has 0 bridgehead atoms. The van der Waals surface area contributed by atoms with Crippen LogP contribution in [0.2, 0.25) is 0 Å². The number of aromatic nitrogens is 3. The van der Waals surface area contributed by atoms with E-state index in [0.29, 0.717) is 64.4 Å². The van der Waals surface area contributed by atoms with E-state index in [9.17, 15) is 28.8 Å². The van der Waals surface area contributed by atoms with Crippen molar-refractivity contribution < 1.29 is 43.0 Å². The summed E-state index contributed by atoms with van der Waals surface area (Å²) in [6.07, 6.45) is 1.24. The first kappa shape index (κ1) is 46.8. The maximum Gasteiger partial charge on any atom is 0.355 e. The Hall–Kier alpha value is -7.33. The molecule has 9 rings (SSSR count). The number of amides is 5. The van der Waals surface area contributed by atoms with Crippen LogP contribution < -0.4 is 14.8 Å². The zero-order chi connectivity index (χ0) is 48.7. The first-order valence-electron chi connectivity index (χ1n) is 23.6. The average molecular weight is 936 g/mol. The van der Waals surface area contributed by atoms with Crippen LogP contribution in [0.25, 0.3) is 32.8 Å². The molecule has 0 aliphatic carbocycles. The number of piperazine rings is 1. The molecule has 1 N–H and O–H groups in total. The van der Waals surface area contributed by atoms with Crippen molar-refractivity contribution in [2.45, 2.75) is 78.5 Å². The van der Waals surface area contributed by atoms with Crippen LogP contribution in [0.15, 0.2) is 78.9 Å². The van der Waals surface area contributed by atoms with E-state index in [4.69, 9.17) is 19.3 Å². The van der Waals surface area contributed by atoms with Crippen molar-refractivity contribution >= 4 is 57.2 Å². The second-order valence-electron chi connectivity index (χ2n) is 18.9. The molecule has 2 saturated heterocycles. The molecule has 1 unspecified atom stereocenters. The molecule has 4 aromatic carbocycles. The summed E-state index contributed by atoms with van der Waals surface area (Å²) in [6, 6.07) is 23.9. The van der Waals surface area contributed by atoms with Crippen LogP contribution in [0.5, 0.6) is 11.5 Å². The molecule has 3 aliphatic heterocycles. The van der Waals surface area contributed by atoms with Crippen molar-refractivity contribution in [2.24, 2.45) is 7.05 Å². The van der Waals surface area contributed by atoms with Gasteiger partial charge in [-0.05, 0) is 83.0 Å². The van der Waals surface area contributed by atoms with Gasteiger partial charge in [0.05, 0.1) is 28.9 Å². The largest absolute Gasteiger partial charge is 0.493 e. The van der Waals surface area contributed by atoms with Crippen LogP contribution >= 0.6 is 0 Å². The SMILES string of the molecule is Cc1nn(C)c(C)c1-c1cccc2c(CCCOc3cccc4ccccc34)c(C(=O)OC(C)(C)C)n(CCN3CCN(C(=O)COc4cccc5c4C(=O)N(C4CCC(=O)NC4=O)C5=O)CC3)c12. The molecule has 3 aliphatic rings. The lowest BCUT2D eigenvalue weighted by molar-refractivity contribution is -0.136. The summed E-state index contributed by atoms with van der Waals surface area (Å²) in [7, 11) is 1.94. The van der Waals surface area contributed by atoms with Crippen LogP contribution in [0, 0.1) is 13.8 Å². The Balaban J connectivity index is 0.925. The monoisotopic (exact) mass is 935 g/mol. The smallest absolute Gasteiger partial charge is 0.355 e. The van der Waals surface area contributed by atoms with Crippen molar-refractivity contribution in [2.75, 3.05) is 45.9 Å². The number of esters is 1. The Bertz CT molecular complexity index is 3040. The fourth-order valence-electron chi connectivity index (χ4n) is 9.93. The van der Waals surface area contributed by atoms with Crippen LogP contribution in [-0.4, -0.2) is 122 Å². The lowest BCUT2D eigenvalue weighted by atomic mass is 9.98. The second-order valence-corrected chi connectivity index (χ2v) is 18.9. The van der Waals surface area contributed by atoms with Gasteiger partial charge >= 0.3 is 5.97 Å². The molecule has 1 atom stereocenters. The van der Waals surface area contributed by atoms with Crippen LogP contribution in [0.1, 0.15) is 88.2 Å². The first-order chi connectivity index (χ1) is 33.1. The van der Waals surface area contributed by atoms with E-state index in [1.165, 1.54) is 12.1 Å². The van der Waals surface area contributed by atoms with Gasteiger partial charge in [0, 0.05) is 80.3 Å². The van der Waals surface area contributed by atoms with Crippen molar-refractivity contribution in [3.8, 4) is 22.6 Å². The molecular weight excluding hydrogens is 879 g/mol.